The van der Waals surface area contributed by atoms with Crippen LogP contribution in [0, 0.1) is 17.0 Å². The second kappa shape index (κ2) is 6.57. The lowest BCUT2D eigenvalue weighted by Gasteiger charge is -2.01. The maximum Gasteiger partial charge on any atom is 0.274 e. The van der Waals surface area contributed by atoms with Crippen molar-refractivity contribution in [2.75, 3.05) is 5.43 Å². The van der Waals surface area contributed by atoms with E-state index in [4.69, 9.17) is 0 Å². The van der Waals surface area contributed by atoms with Crippen LogP contribution in [0.5, 0.6) is 0 Å². The first-order chi connectivity index (χ1) is 10.5. The minimum atomic E-state index is -0.424. The maximum atomic E-state index is 11.3. The van der Waals surface area contributed by atoms with Gasteiger partial charge in [-0.2, -0.15) is 5.10 Å². The number of rotatable bonds is 5. The smallest absolute Gasteiger partial charge is 0.274 e. The van der Waals surface area contributed by atoms with Gasteiger partial charge in [-0.1, -0.05) is 19.1 Å². The Morgan fingerprint density at radius 3 is 2.86 bits per heavy atom. The SMILES string of the molecule is CCc1ccc(/C=N\Nc2nnc(C)c(=O)[nH]2)cc1[N+](=O)[O-]. The Balaban J connectivity index is 2.16. The van der Waals surface area contributed by atoms with Gasteiger partial charge in [-0.3, -0.25) is 19.9 Å². The number of aromatic nitrogens is 3. The summed E-state index contributed by atoms with van der Waals surface area (Å²) in [5, 5.41) is 22.2. The second-order valence-corrected chi connectivity index (χ2v) is 4.46. The Labute approximate surface area is 125 Å². The predicted molar refractivity (Wildman–Crippen MR) is 81.1 cm³/mol. The average molecular weight is 302 g/mol. The summed E-state index contributed by atoms with van der Waals surface area (Å²) in [6, 6.07) is 4.85. The minimum absolute atomic E-state index is 0.0509. The number of benzene rings is 1. The van der Waals surface area contributed by atoms with Gasteiger partial charge >= 0.3 is 0 Å². The van der Waals surface area contributed by atoms with Gasteiger partial charge in [0.25, 0.3) is 11.2 Å². The molecule has 2 N–H and O–H groups in total. The van der Waals surface area contributed by atoms with Crippen molar-refractivity contribution in [2.24, 2.45) is 5.10 Å². The van der Waals surface area contributed by atoms with Crippen molar-refractivity contribution in [3.63, 3.8) is 0 Å². The zero-order chi connectivity index (χ0) is 16.1. The molecule has 1 heterocycles. The lowest BCUT2D eigenvalue weighted by molar-refractivity contribution is -0.385. The van der Waals surface area contributed by atoms with Crippen LogP contribution in [0.25, 0.3) is 0 Å². The molecule has 2 aromatic rings. The molecule has 0 aliphatic carbocycles. The number of aryl methyl sites for hydroxylation is 2. The molecule has 0 amide bonds. The third-order valence-electron chi connectivity index (χ3n) is 2.93. The fourth-order valence-corrected chi connectivity index (χ4v) is 1.74. The van der Waals surface area contributed by atoms with Gasteiger partial charge in [0.1, 0.15) is 5.69 Å². The first kappa shape index (κ1) is 15.3. The molecule has 1 aromatic carbocycles. The first-order valence-corrected chi connectivity index (χ1v) is 6.51. The van der Waals surface area contributed by atoms with Crippen LogP contribution in [-0.2, 0) is 6.42 Å². The van der Waals surface area contributed by atoms with Gasteiger partial charge in [0, 0.05) is 17.2 Å². The number of H-pyrrole nitrogens is 1. The highest BCUT2D eigenvalue weighted by molar-refractivity contribution is 5.81. The van der Waals surface area contributed by atoms with E-state index >= 15 is 0 Å². The van der Waals surface area contributed by atoms with Crippen LogP contribution in [0.15, 0.2) is 28.1 Å². The molecule has 22 heavy (non-hydrogen) atoms. The van der Waals surface area contributed by atoms with Gasteiger partial charge < -0.3 is 0 Å². The molecule has 0 aliphatic rings. The molecule has 9 heteroatoms. The van der Waals surface area contributed by atoms with Gasteiger partial charge in [0.05, 0.1) is 11.1 Å². The fraction of sp³-hybridized carbons (Fsp3) is 0.231. The van der Waals surface area contributed by atoms with E-state index in [2.05, 4.69) is 25.7 Å². The summed E-state index contributed by atoms with van der Waals surface area (Å²) in [5.74, 6) is 0.0894. The summed E-state index contributed by atoms with van der Waals surface area (Å²) in [7, 11) is 0. The highest BCUT2D eigenvalue weighted by atomic mass is 16.6. The molecule has 0 fully saturated rings. The van der Waals surface area contributed by atoms with Crippen molar-refractivity contribution in [2.45, 2.75) is 20.3 Å². The molecule has 0 aliphatic heterocycles. The van der Waals surface area contributed by atoms with Crippen molar-refractivity contribution in [1.82, 2.24) is 15.2 Å². The van der Waals surface area contributed by atoms with E-state index in [1.807, 2.05) is 6.92 Å². The van der Waals surface area contributed by atoms with Crippen LogP contribution in [-0.4, -0.2) is 26.3 Å². The molecule has 0 saturated carbocycles. The fourth-order valence-electron chi connectivity index (χ4n) is 1.74. The number of aromatic amines is 1. The molecular weight excluding hydrogens is 288 g/mol. The molecule has 0 bridgehead atoms. The number of nitrogens with one attached hydrogen (secondary N) is 2. The van der Waals surface area contributed by atoms with E-state index in [1.165, 1.54) is 19.2 Å². The van der Waals surface area contributed by atoms with Crippen molar-refractivity contribution in [1.29, 1.82) is 0 Å². The van der Waals surface area contributed by atoms with E-state index in [0.29, 0.717) is 17.5 Å². The minimum Gasteiger partial charge on any atom is -0.288 e. The van der Waals surface area contributed by atoms with E-state index in [1.54, 1.807) is 12.1 Å². The number of nitrogens with zero attached hydrogens (tertiary/aromatic N) is 4. The van der Waals surface area contributed by atoms with Gasteiger partial charge in [-0.15, -0.1) is 10.2 Å². The van der Waals surface area contributed by atoms with Gasteiger partial charge in [0.2, 0.25) is 5.95 Å². The normalized spacial score (nSPS) is 10.8. The van der Waals surface area contributed by atoms with Gasteiger partial charge in [-0.05, 0) is 13.3 Å². The summed E-state index contributed by atoms with van der Waals surface area (Å²) in [6.45, 7) is 3.39. The largest absolute Gasteiger partial charge is 0.288 e. The summed E-state index contributed by atoms with van der Waals surface area (Å²) >= 11 is 0. The lowest BCUT2D eigenvalue weighted by Crippen LogP contribution is -2.15. The van der Waals surface area contributed by atoms with E-state index in [9.17, 15) is 14.9 Å². The highest BCUT2D eigenvalue weighted by Gasteiger charge is 2.12. The Morgan fingerprint density at radius 2 is 2.23 bits per heavy atom. The molecule has 114 valence electrons. The van der Waals surface area contributed by atoms with Crippen molar-refractivity contribution in [3.8, 4) is 0 Å². The number of hydrazone groups is 1. The molecule has 2 rings (SSSR count). The van der Waals surface area contributed by atoms with Crippen LogP contribution in [0.2, 0.25) is 0 Å². The Morgan fingerprint density at radius 1 is 1.45 bits per heavy atom. The third kappa shape index (κ3) is 3.51. The van der Waals surface area contributed by atoms with E-state index in [0.717, 1.165) is 0 Å². The van der Waals surface area contributed by atoms with Crippen molar-refractivity contribution >= 4 is 17.9 Å². The lowest BCUT2D eigenvalue weighted by atomic mass is 10.1. The third-order valence-corrected chi connectivity index (χ3v) is 2.93. The van der Waals surface area contributed by atoms with Crippen LogP contribution in [0.3, 0.4) is 0 Å². The molecule has 0 saturated heterocycles. The Hall–Kier alpha value is -3.10. The number of hydrogen-bond acceptors (Lipinski definition) is 7. The summed E-state index contributed by atoms with van der Waals surface area (Å²) < 4.78 is 0. The van der Waals surface area contributed by atoms with Gasteiger partial charge in [-0.25, -0.2) is 5.43 Å². The van der Waals surface area contributed by atoms with Crippen molar-refractivity contribution in [3.05, 3.63) is 55.5 Å². The average Bonchev–Trinajstić information content (AvgIpc) is 2.50. The molecule has 0 atom stereocenters. The molecule has 1 aromatic heterocycles. The highest BCUT2D eigenvalue weighted by Crippen LogP contribution is 2.20. The van der Waals surface area contributed by atoms with E-state index in [-0.39, 0.29) is 22.9 Å². The van der Waals surface area contributed by atoms with Crippen LogP contribution in [0.4, 0.5) is 11.6 Å². The molecule has 0 spiro atoms. The Bertz CT molecular complexity index is 784. The molecule has 0 radical (unpaired) electrons. The van der Waals surface area contributed by atoms with Crippen LogP contribution in [0.1, 0.15) is 23.7 Å². The standard InChI is InChI=1S/C13H14N6O3/c1-3-10-5-4-9(6-11(10)19(21)22)7-14-17-13-15-12(20)8(2)16-18-13/h4-7H,3H2,1-2H3,(H2,15,17,18,20)/b14-7-. The summed E-state index contributed by atoms with van der Waals surface area (Å²) in [4.78, 5) is 24.3. The quantitative estimate of drug-likeness (QED) is 0.488. The number of nitro groups is 1. The Kier molecular flexibility index (Phi) is 4.57. The predicted octanol–water partition coefficient (Wildman–Crippen LogP) is 1.39. The summed E-state index contributed by atoms with van der Waals surface area (Å²) in [5.41, 5.74) is 3.66. The zero-order valence-corrected chi connectivity index (χ0v) is 12.0. The number of hydrogen-bond donors (Lipinski definition) is 2. The molecular formula is C13H14N6O3. The zero-order valence-electron chi connectivity index (χ0n) is 12.0. The van der Waals surface area contributed by atoms with Crippen LogP contribution < -0.4 is 11.0 Å². The number of nitro benzene ring substituents is 1. The molecule has 9 nitrogen and oxygen atoms in total. The number of anilines is 1. The first-order valence-electron chi connectivity index (χ1n) is 6.51. The summed E-state index contributed by atoms with van der Waals surface area (Å²) in [6.07, 6.45) is 1.97. The monoisotopic (exact) mass is 302 g/mol. The maximum absolute atomic E-state index is 11.3. The second-order valence-electron chi connectivity index (χ2n) is 4.46. The molecule has 0 unspecified atom stereocenters. The van der Waals surface area contributed by atoms with Gasteiger partial charge in [0.15, 0.2) is 0 Å². The van der Waals surface area contributed by atoms with Crippen LogP contribution >= 0.6 is 0 Å². The topological polar surface area (TPSA) is 126 Å². The van der Waals surface area contributed by atoms with Crippen molar-refractivity contribution < 1.29 is 4.92 Å². The van der Waals surface area contributed by atoms with E-state index < -0.39 is 4.92 Å².